The highest BCUT2D eigenvalue weighted by molar-refractivity contribution is 8.15. The number of thioether (sulfide) groups is 1. The lowest BCUT2D eigenvalue weighted by atomic mass is 10.0. The minimum Gasteiger partial charge on any atom is -0.325 e. The molecule has 7 heteroatoms. The van der Waals surface area contributed by atoms with Crippen LogP contribution < -0.4 is 5.32 Å². The van der Waals surface area contributed by atoms with Gasteiger partial charge in [-0.25, -0.2) is 9.89 Å². The van der Waals surface area contributed by atoms with Gasteiger partial charge in [-0.3, -0.25) is 14.6 Å². The van der Waals surface area contributed by atoms with Crippen molar-refractivity contribution < 1.29 is 9.59 Å². The van der Waals surface area contributed by atoms with Crippen LogP contribution in [-0.4, -0.2) is 39.0 Å². The van der Waals surface area contributed by atoms with Gasteiger partial charge in [0.25, 0.3) is 5.91 Å². The number of fused-ring (bicyclic) bond motifs is 3. The number of aryl methyl sites for hydroxylation is 3. The van der Waals surface area contributed by atoms with Crippen LogP contribution in [0.4, 0.5) is 11.4 Å². The van der Waals surface area contributed by atoms with E-state index in [9.17, 15) is 9.59 Å². The van der Waals surface area contributed by atoms with Crippen LogP contribution in [0.3, 0.4) is 0 Å². The molecule has 2 heterocycles. The van der Waals surface area contributed by atoms with E-state index in [2.05, 4.69) is 24.4 Å². The summed E-state index contributed by atoms with van der Waals surface area (Å²) in [6.45, 7) is 10.1. The predicted molar refractivity (Wildman–Crippen MR) is 137 cm³/mol. The number of amidine groups is 2. The number of hydrogen-bond acceptors (Lipinski definition) is 5. The molecule has 0 spiro atoms. The molecule has 0 aliphatic carbocycles. The van der Waals surface area contributed by atoms with Crippen LogP contribution in [0.15, 0.2) is 46.4 Å². The van der Waals surface area contributed by atoms with Gasteiger partial charge in [0.2, 0.25) is 5.91 Å². The van der Waals surface area contributed by atoms with Crippen molar-refractivity contribution in [1.29, 1.82) is 0 Å². The van der Waals surface area contributed by atoms with E-state index in [1.165, 1.54) is 17.3 Å². The number of nitrogens with one attached hydrogen (secondary N) is 1. The summed E-state index contributed by atoms with van der Waals surface area (Å²) in [5, 5.41) is 3.25. The second-order valence-corrected chi connectivity index (χ2v) is 9.79. The molecule has 0 radical (unpaired) electrons. The maximum absolute atomic E-state index is 13.3. The quantitative estimate of drug-likeness (QED) is 0.614. The Kier molecular flexibility index (Phi) is 6.70. The van der Waals surface area contributed by atoms with Gasteiger partial charge in [0.1, 0.15) is 11.9 Å². The molecule has 33 heavy (non-hydrogen) atoms. The van der Waals surface area contributed by atoms with E-state index < -0.39 is 11.3 Å². The van der Waals surface area contributed by atoms with E-state index in [0.29, 0.717) is 23.8 Å². The Hall–Kier alpha value is -2.93. The van der Waals surface area contributed by atoms with Gasteiger partial charge in [0.05, 0.1) is 10.9 Å². The number of carbonyl (C=O) groups is 2. The number of para-hydroxylation sites is 1. The van der Waals surface area contributed by atoms with E-state index in [1.54, 1.807) is 4.90 Å². The standard InChI is InChI=1S/C26H30N4O2S/c1-6-10-20-25(32)30-23(27-20)18-11-8-9-12-19(18)28-26(30)33-21(7-2)24(31)29-22-16(4)13-15(3)14-17(22)5/h8-9,11-14,20-21H,6-7,10H2,1-5H3,(H,29,31). The fraction of sp³-hybridized carbons (Fsp3) is 0.385. The molecular formula is C26H30N4O2S. The molecule has 0 saturated heterocycles. The molecule has 2 aromatic rings. The van der Waals surface area contributed by atoms with E-state index in [-0.39, 0.29) is 11.8 Å². The van der Waals surface area contributed by atoms with E-state index in [0.717, 1.165) is 34.5 Å². The smallest absolute Gasteiger partial charge is 0.259 e. The highest BCUT2D eigenvalue weighted by Crippen LogP contribution is 2.36. The molecule has 1 N–H and O–H groups in total. The highest BCUT2D eigenvalue weighted by Gasteiger charge is 2.42. The maximum Gasteiger partial charge on any atom is 0.259 e. The van der Waals surface area contributed by atoms with Crippen molar-refractivity contribution in [3.05, 3.63) is 58.7 Å². The number of amides is 2. The molecule has 0 bridgehead atoms. The van der Waals surface area contributed by atoms with Gasteiger partial charge >= 0.3 is 0 Å². The Morgan fingerprint density at radius 1 is 1.15 bits per heavy atom. The van der Waals surface area contributed by atoms with Gasteiger partial charge in [-0.05, 0) is 56.9 Å². The van der Waals surface area contributed by atoms with Crippen LogP contribution in [-0.2, 0) is 9.59 Å². The summed E-state index contributed by atoms with van der Waals surface area (Å²) in [6.07, 6.45) is 2.17. The van der Waals surface area contributed by atoms with Gasteiger partial charge < -0.3 is 5.32 Å². The topological polar surface area (TPSA) is 74.1 Å². The molecule has 2 amide bonds. The molecular weight excluding hydrogens is 432 g/mol. The minimum absolute atomic E-state index is 0.0620. The first kappa shape index (κ1) is 23.2. The highest BCUT2D eigenvalue weighted by atomic mass is 32.2. The zero-order valence-electron chi connectivity index (χ0n) is 19.8. The van der Waals surface area contributed by atoms with Crippen molar-refractivity contribution >= 4 is 46.0 Å². The van der Waals surface area contributed by atoms with Gasteiger partial charge in [0, 0.05) is 11.3 Å². The third-order valence-corrected chi connectivity index (χ3v) is 7.26. The lowest BCUT2D eigenvalue weighted by molar-refractivity contribution is -0.124. The Morgan fingerprint density at radius 2 is 1.85 bits per heavy atom. The van der Waals surface area contributed by atoms with Crippen molar-refractivity contribution in [3.8, 4) is 0 Å². The predicted octanol–water partition coefficient (Wildman–Crippen LogP) is 5.52. The number of hydrogen-bond donors (Lipinski definition) is 1. The first-order valence-corrected chi connectivity index (χ1v) is 12.4. The summed E-state index contributed by atoms with van der Waals surface area (Å²) in [6, 6.07) is 11.5. The lowest BCUT2D eigenvalue weighted by Crippen LogP contribution is -2.42. The average molecular weight is 463 g/mol. The van der Waals surface area contributed by atoms with E-state index in [1.807, 2.05) is 52.0 Å². The molecule has 0 saturated carbocycles. The first-order valence-electron chi connectivity index (χ1n) is 11.5. The average Bonchev–Trinajstić information content (AvgIpc) is 3.11. The summed E-state index contributed by atoms with van der Waals surface area (Å²) >= 11 is 1.33. The summed E-state index contributed by atoms with van der Waals surface area (Å²) in [4.78, 5) is 37.6. The molecule has 2 aromatic carbocycles. The number of rotatable bonds is 6. The zero-order chi connectivity index (χ0) is 23.7. The number of carbonyl (C=O) groups excluding carboxylic acids is 2. The van der Waals surface area contributed by atoms with Crippen LogP contribution in [0.1, 0.15) is 55.4 Å². The van der Waals surface area contributed by atoms with Crippen LogP contribution in [0.2, 0.25) is 0 Å². The monoisotopic (exact) mass is 462 g/mol. The third-order valence-electron chi connectivity index (χ3n) is 5.95. The zero-order valence-corrected chi connectivity index (χ0v) is 20.6. The summed E-state index contributed by atoms with van der Waals surface area (Å²) in [5.41, 5.74) is 5.73. The van der Waals surface area contributed by atoms with Crippen molar-refractivity contribution in [3.63, 3.8) is 0 Å². The molecule has 4 rings (SSSR count). The molecule has 2 unspecified atom stereocenters. The molecule has 6 nitrogen and oxygen atoms in total. The summed E-state index contributed by atoms with van der Waals surface area (Å²) in [7, 11) is 0. The van der Waals surface area contributed by atoms with Gasteiger partial charge in [-0.2, -0.15) is 0 Å². The van der Waals surface area contributed by atoms with Crippen LogP contribution in [0, 0.1) is 20.8 Å². The fourth-order valence-corrected chi connectivity index (χ4v) is 5.39. The van der Waals surface area contributed by atoms with Gasteiger partial charge in [-0.1, -0.05) is 61.9 Å². The Morgan fingerprint density at radius 3 is 2.52 bits per heavy atom. The van der Waals surface area contributed by atoms with E-state index in [4.69, 9.17) is 9.98 Å². The van der Waals surface area contributed by atoms with Crippen molar-refractivity contribution in [2.75, 3.05) is 5.32 Å². The largest absolute Gasteiger partial charge is 0.325 e. The SMILES string of the molecule is CCCC1N=C2c3ccccc3N=C(SC(CC)C(=O)Nc3c(C)cc(C)cc3C)N2C1=O. The molecule has 2 atom stereocenters. The van der Waals surface area contributed by atoms with Crippen LogP contribution in [0.5, 0.6) is 0 Å². The normalized spacial score (nSPS) is 17.8. The molecule has 2 aliphatic heterocycles. The number of nitrogens with zero attached hydrogens (tertiary/aromatic N) is 3. The third kappa shape index (κ3) is 4.47. The summed E-state index contributed by atoms with van der Waals surface area (Å²) < 4.78 is 0. The van der Waals surface area contributed by atoms with Gasteiger partial charge in [0.15, 0.2) is 5.17 Å². The number of benzene rings is 2. The molecule has 172 valence electrons. The minimum atomic E-state index is -0.395. The van der Waals surface area contributed by atoms with Crippen molar-refractivity contribution in [2.24, 2.45) is 9.98 Å². The Bertz CT molecular complexity index is 1150. The Balaban J connectivity index is 1.63. The lowest BCUT2D eigenvalue weighted by Gasteiger charge is -2.27. The molecule has 0 fully saturated rings. The fourth-order valence-electron chi connectivity index (χ4n) is 4.37. The molecule has 2 aliphatic rings. The van der Waals surface area contributed by atoms with Crippen LogP contribution >= 0.6 is 11.8 Å². The molecule has 0 aromatic heterocycles. The number of anilines is 1. The number of aliphatic imine (C=N–C) groups is 2. The van der Waals surface area contributed by atoms with E-state index >= 15 is 0 Å². The second-order valence-electron chi connectivity index (χ2n) is 8.62. The Labute approximate surface area is 199 Å². The van der Waals surface area contributed by atoms with Crippen LogP contribution in [0.25, 0.3) is 0 Å². The first-order chi connectivity index (χ1) is 15.8. The van der Waals surface area contributed by atoms with Crippen molar-refractivity contribution in [2.45, 2.75) is 65.2 Å². The van der Waals surface area contributed by atoms with Gasteiger partial charge in [-0.15, -0.1) is 0 Å². The second kappa shape index (κ2) is 9.51. The van der Waals surface area contributed by atoms with Crippen molar-refractivity contribution in [1.82, 2.24) is 4.90 Å². The summed E-state index contributed by atoms with van der Waals surface area (Å²) in [5.74, 6) is 0.495. The maximum atomic E-state index is 13.3.